The Morgan fingerprint density at radius 3 is 2.59 bits per heavy atom. The molecule has 0 aromatic rings. The molecule has 98 valence electrons. The molecule has 1 rings (SSSR count). The van der Waals surface area contributed by atoms with E-state index in [-0.39, 0.29) is 11.8 Å². The SMILES string of the molecule is C=CNC1CCCN(C)CC1=O.CN(C)C=O. The van der Waals surface area contributed by atoms with E-state index in [9.17, 15) is 9.59 Å². The van der Waals surface area contributed by atoms with Crippen molar-refractivity contribution in [1.82, 2.24) is 15.1 Å². The highest BCUT2D eigenvalue weighted by molar-refractivity contribution is 5.86. The van der Waals surface area contributed by atoms with Crippen LogP contribution < -0.4 is 5.32 Å². The first-order chi connectivity index (χ1) is 8.01. The van der Waals surface area contributed by atoms with Crippen molar-refractivity contribution in [3.63, 3.8) is 0 Å². The quantitative estimate of drug-likeness (QED) is 0.711. The third kappa shape index (κ3) is 7.52. The van der Waals surface area contributed by atoms with Gasteiger partial charge in [-0.05, 0) is 32.6 Å². The summed E-state index contributed by atoms with van der Waals surface area (Å²) in [4.78, 5) is 24.4. The van der Waals surface area contributed by atoms with E-state index in [1.165, 1.54) is 4.90 Å². The molecule has 1 atom stereocenters. The highest BCUT2D eigenvalue weighted by Crippen LogP contribution is 2.06. The minimum absolute atomic E-state index is 0.00699. The van der Waals surface area contributed by atoms with Crippen molar-refractivity contribution < 1.29 is 9.59 Å². The summed E-state index contributed by atoms with van der Waals surface area (Å²) in [5.74, 6) is 0.273. The molecule has 1 unspecified atom stereocenters. The Hall–Kier alpha value is -1.36. The van der Waals surface area contributed by atoms with Crippen LogP contribution in [-0.4, -0.2) is 62.3 Å². The van der Waals surface area contributed by atoms with Crippen LogP contribution in [0.15, 0.2) is 12.8 Å². The van der Waals surface area contributed by atoms with Gasteiger partial charge in [0.15, 0.2) is 5.78 Å². The molecule has 1 heterocycles. The van der Waals surface area contributed by atoms with Gasteiger partial charge >= 0.3 is 0 Å². The molecule has 0 bridgehead atoms. The van der Waals surface area contributed by atoms with Gasteiger partial charge in [-0.3, -0.25) is 14.5 Å². The lowest BCUT2D eigenvalue weighted by molar-refractivity contribution is -0.121. The van der Waals surface area contributed by atoms with Gasteiger partial charge in [-0.1, -0.05) is 6.58 Å². The first-order valence-corrected chi connectivity index (χ1v) is 5.71. The first kappa shape index (κ1) is 15.6. The van der Waals surface area contributed by atoms with Crippen LogP contribution in [0.5, 0.6) is 0 Å². The number of nitrogens with zero attached hydrogens (tertiary/aromatic N) is 2. The zero-order valence-corrected chi connectivity index (χ0v) is 11.0. The molecule has 0 spiro atoms. The molecule has 17 heavy (non-hydrogen) atoms. The van der Waals surface area contributed by atoms with Crippen molar-refractivity contribution in [2.24, 2.45) is 0 Å². The van der Waals surface area contributed by atoms with Gasteiger partial charge in [0.25, 0.3) is 0 Å². The van der Waals surface area contributed by atoms with Crippen LogP contribution in [0.25, 0.3) is 0 Å². The van der Waals surface area contributed by atoms with Gasteiger partial charge in [0.2, 0.25) is 6.41 Å². The lowest BCUT2D eigenvalue weighted by Crippen LogP contribution is -2.36. The Morgan fingerprint density at radius 1 is 1.53 bits per heavy atom. The fourth-order valence-electron chi connectivity index (χ4n) is 1.50. The number of amides is 1. The van der Waals surface area contributed by atoms with Gasteiger partial charge < -0.3 is 10.2 Å². The lowest BCUT2D eigenvalue weighted by atomic mass is 10.1. The zero-order valence-electron chi connectivity index (χ0n) is 11.0. The van der Waals surface area contributed by atoms with Crippen molar-refractivity contribution in [2.45, 2.75) is 18.9 Å². The van der Waals surface area contributed by atoms with E-state index in [2.05, 4.69) is 16.8 Å². The maximum atomic E-state index is 11.5. The van der Waals surface area contributed by atoms with Crippen LogP contribution in [-0.2, 0) is 9.59 Å². The Labute approximate surface area is 103 Å². The van der Waals surface area contributed by atoms with Gasteiger partial charge in [-0.25, -0.2) is 0 Å². The number of likely N-dealkylation sites (N-methyl/N-ethyl adjacent to an activating group) is 1. The number of hydrogen-bond donors (Lipinski definition) is 1. The summed E-state index contributed by atoms with van der Waals surface area (Å²) in [7, 11) is 5.36. The number of rotatable bonds is 3. The second kappa shape index (κ2) is 8.75. The number of nitrogens with one attached hydrogen (secondary N) is 1. The Kier molecular flexibility index (Phi) is 8.05. The highest BCUT2D eigenvalue weighted by atomic mass is 16.1. The molecule has 5 heteroatoms. The molecule has 0 aromatic carbocycles. The minimum atomic E-state index is -0.00699. The average molecular weight is 241 g/mol. The molecule has 0 aromatic heterocycles. The molecular formula is C12H23N3O2. The van der Waals surface area contributed by atoms with Crippen molar-refractivity contribution in [3.8, 4) is 0 Å². The number of carbonyl (C=O) groups is 2. The highest BCUT2D eigenvalue weighted by Gasteiger charge is 2.21. The largest absolute Gasteiger partial charge is 0.382 e. The van der Waals surface area contributed by atoms with Crippen molar-refractivity contribution in [2.75, 3.05) is 34.2 Å². The summed E-state index contributed by atoms with van der Waals surface area (Å²) < 4.78 is 0. The monoisotopic (exact) mass is 241 g/mol. The molecule has 1 N–H and O–H groups in total. The van der Waals surface area contributed by atoms with Crippen LogP contribution >= 0.6 is 0 Å². The molecule has 1 saturated heterocycles. The molecule has 1 amide bonds. The number of carbonyl (C=O) groups excluding carboxylic acids is 2. The van der Waals surface area contributed by atoms with E-state index in [4.69, 9.17) is 0 Å². The van der Waals surface area contributed by atoms with Gasteiger partial charge in [0.1, 0.15) is 0 Å². The van der Waals surface area contributed by atoms with E-state index in [1.807, 2.05) is 7.05 Å². The molecule has 1 aliphatic rings. The third-order valence-electron chi connectivity index (χ3n) is 2.38. The predicted molar refractivity (Wildman–Crippen MR) is 68.6 cm³/mol. The summed E-state index contributed by atoms with van der Waals surface area (Å²) >= 11 is 0. The zero-order chi connectivity index (χ0) is 13.3. The van der Waals surface area contributed by atoms with E-state index in [0.717, 1.165) is 25.8 Å². The maximum absolute atomic E-state index is 11.5. The smallest absolute Gasteiger partial charge is 0.209 e. The van der Waals surface area contributed by atoms with Crippen LogP contribution in [0.4, 0.5) is 0 Å². The summed E-state index contributed by atoms with van der Waals surface area (Å²) in [5, 5.41) is 2.98. The number of likely N-dealkylation sites (tertiary alicyclic amines) is 1. The van der Waals surface area contributed by atoms with Crippen LogP contribution in [0, 0.1) is 0 Å². The van der Waals surface area contributed by atoms with E-state index in [1.54, 1.807) is 20.3 Å². The molecular weight excluding hydrogens is 218 g/mol. The van der Waals surface area contributed by atoms with E-state index >= 15 is 0 Å². The summed E-state index contributed by atoms with van der Waals surface area (Å²) in [5.41, 5.74) is 0. The van der Waals surface area contributed by atoms with Gasteiger partial charge in [0.05, 0.1) is 12.6 Å². The summed E-state index contributed by atoms with van der Waals surface area (Å²) in [6, 6.07) is -0.00699. The average Bonchev–Trinajstić information content (AvgIpc) is 2.42. The minimum Gasteiger partial charge on any atom is -0.382 e. The fraction of sp³-hybridized carbons (Fsp3) is 0.667. The van der Waals surface area contributed by atoms with Crippen molar-refractivity contribution >= 4 is 12.2 Å². The molecule has 0 aliphatic carbocycles. The van der Waals surface area contributed by atoms with Gasteiger partial charge in [-0.15, -0.1) is 0 Å². The van der Waals surface area contributed by atoms with Crippen molar-refractivity contribution in [3.05, 3.63) is 12.8 Å². The summed E-state index contributed by atoms with van der Waals surface area (Å²) in [6.45, 7) is 5.14. The molecule has 5 nitrogen and oxygen atoms in total. The Balaban J connectivity index is 0.000000437. The topological polar surface area (TPSA) is 52.7 Å². The Bertz CT molecular complexity index is 254. The number of ketones is 1. The van der Waals surface area contributed by atoms with Crippen LogP contribution in [0.1, 0.15) is 12.8 Å². The Morgan fingerprint density at radius 2 is 2.12 bits per heavy atom. The predicted octanol–water partition coefficient (Wildman–Crippen LogP) is 0.0872. The first-order valence-electron chi connectivity index (χ1n) is 5.71. The standard InChI is InChI=1S/C9H16N2O.C3H7NO/c1-3-10-8-5-4-6-11(2)7-9(8)12;1-4(2)3-5/h3,8,10H,1,4-7H2,2H3;3H,1-2H3. The van der Waals surface area contributed by atoms with Gasteiger partial charge in [-0.2, -0.15) is 0 Å². The number of hydrogen-bond acceptors (Lipinski definition) is 4. The van der Waals surface area contributed by atoms with Crippen molar-refractivity contribution in [1.29, 1.82) is 0 Å². The molecule has 1 aliphatic heterocycles. The van der Waals surface area contributed by atoms with Gasteiger partial charge in [0, 0.05) is 14.1 Å². The summed E-state index contributed by atoms with van der Waals surface area (Å²) in [6.07, 6.45) is 4.36. The normalized spacial score (nSPS) is 20.6. The second-order valence-corrected chi connectivity index (χ2v) is 4.34. The number of Topliss-reactive ketones (excluding diaryl/α,β-unsaturated/α-hetero) is 1. The van der Waals surface area contributed by atoms with E-state index < -0.39 is 0 Å². The van der Waals surface area contributed by atoms with Crippen LogP contribution in [0.3, 0.4) is 0 Å². The molecule has 0 saturated carbocycles. The van der Waals surface area contributed by atoms with E-state index in [0.29, 0.717) is 6.54 Å². The van der Waals surface area contributed by atoms with Crippen LogP contribution in [0.2, 0.25) is 0 Å². The fourth-order valence-corrected chi connectivity index (χ4v) is 1.50. The second-order valence-electron chi connectivity index (χ2n) is 4.34. The molecule has 0 radical (unpaired) electrons. The third-order valence-corrected chi connectivity index (χ3v) is 2.38. The molecule has 1 fully saturated rings. The lowest BCUT2D eigenvalue weighted by Gasteiger charge is -2.13. The maximum Gasteiger partial charge on any atom is 0.209 e.